The van der Waals surface area contributed by atoms with Gasteiger partial charge in [0.2, 0.25) is 5.91 Å². The molecule has 9 nitrogen and oxygen atoms in total. The summed E-state index contributed by atoms with van der Waals surface area (Å²) in [4.78, 5) is 40.4. The SMILES string of the molecule is COc1cc(OC)c(NC(=O)C(C)Sc2ccc(NC(=O)/C(=C/c3ccc(OCc4ccccc4)cc3)NC(=O)c3ccccc3)cc2)cc1Cl. The van der Waals surface area contributed by atoms with Crippen LogP contribution in [0.5, 0.6) is 17.2 Å². The maximum atomic E-state index is 13.5. The Kier molecular flexibility index (Phi) is 12.8. The predicted molar refractivity (Wildman–Crippen MR) is 203 cm³/mol. The van der Waals surface area contributed by atoms with Crippen molar-refractivity contribution >= 4 is 58.5 Å². The molecular weight excluding hydrogens is 686 g/mol. The van der Waals surface area contributed by atoms with Crippen LogP contribution < -0.4 is 30.2 Å². The Morgan fingerprint density at radius 2 is 1.43 bits per heavy atom. The summed E-state index contributed by atoms with van der Waals surface area (Å²) in [5.74, 6) is 0.334. The highest BCUT2D eigenvalue weighted by atomic mass is 35.5. The number of hydrogen-bond acceptors (Lipinski definition) is 7. The summed E-state index contributed by atoms with van der Waals surface area (Å²) in [5, 5.41) is 8.34. The number of benzene rings is 5. The summed E-state index contributed by atoms with van der Waals surface area (Å²) in [6.45, 7) is 2.20. The summed E-state index contributed by atoms with van der Waals surface area (Å²) >= 11 is 7.59. The Balaban J connectivity index is 1.24. The van der Waals surface area contributed by atoms with Gasteiger partial charge in [0.05, 0.1) is 30.2 Å². The number of anilines is 2. The summed E-state index contributed by atoms with van der Waals surface area (Å²) in [6, 6.07) is 36.0. The molecule has 0 aliphatic heterocycles. The second-order valence-corrected chi connectivity index (χ2v) is 13.0. The van der Waals surface area contributed by atoms with Crippen molar-refractivity contribution in [2.24, 2.45) is 0 Å². The van der Waals surface area contributed by atoms with Gasteiger partial charge in [-0.3, -0.25) is 14.4 Å². The van der Waals surface area contributed by atoms with Gasteiger partial charge in [0.25, 0.3) is 11.8 Å². The number of thioether (sulfide) groups is 1. The fraction of sp³-hybridized carbons (Fsp3) is 0.125. The van der Waals surface area contributed by atoms with Gasteiger partial charge in [-0.25, -0.2) is 0 Å². The molecule has 0 bridgehead atoms. The molecule has 3 N–H and O–H groups in total. The van der Waals surface area contributed by atoms with E-state index in [0.717, 1.165) is 10.5 Å². The standard InChI is InChI=1S/C40H36ClN3O6S/c1-26(38(45)43-34-23-33(41)36(48-2)24-37(34)49-3)51-32-20-16-30(17-21-32)42-40(47)35(44-39(46)29-12-8-5-9-13-29)22-27-14-18-31(19-15-27)50-25-28-10-6-4-7-11-28/h4-24,26H,25H2,1-3H3,(H,42,47)(H,43,45)(H,44,46)/b35-22-. The fourth-order valence-corrected chi connectivity index (χ4v) is 5.88. The van der Waals surface area contributed by atoms with Gasteiger partial charge in [-0.15, -0.1) is 11.8 Å². The molecule has 0 saturated carbocycles. The average Bonchev–Trinajstić information content (AvgIpc) is 3.15. The number of ether oxygens (including phenoxy) is 3. The van der Waals surface area contributed by atoms with Gasteiger partial charge in [0, 0.05) is 22.2 Å². The number of amides is 3. The van der Waals surface area contributed by atoms with Crippen molar-refractivity contribution in [3.63, 3.8) is 0 Å². The third kappa shape index (κ3) is 10.4. The van der Waals surface area contributed by atoms with Crippen LogP contribution in [0.25, 0.3) is 6.08 Å². The van der Waals surface area contributed by atoms with Crippen LogP contribution >= 0.6 is 23.4 Å². The zero-order valence-electron chi connectivity index (χ0n) is 28.1. The van der Waals surface area contributed by atoms with Gasteiger partial charge in [-0.05, 0) is 78.7 Å². The number of halogens is 1. The van der Waals surface area contributed by atoms with Gasteiger partial charge < -0.3 is 30.2 Å². The summed E-state index contributed by atoms with van der Waals surface area (Å²) < 4.78 is 16.5. The lowest BCUT2D eigenvalue weighted by molar-refractivity contribution is -0.115. The van der Waals surface area contributed by atoms with Crippen LogP contribution in [0.3, 0.4) is 0 Å². The van der Waals surface area contributed by atoms with E-state index in [1.54, 1.807) is 73.7 Å². The predicted octanol–water partition coefficient (Wildman–Crippen LogP) is 8.47. The maximum Gasteiger partial charge on any atom is 0.272 e. The van der Waals surface area contributed by atoms with Gasteiger partial charge >= 0.3 is 0 Å². The molecule has 0 radical (unpaired) electrons. The Labute approximate surface area is 306 Å². The van der Waals surface area contributed by atoms with E-state index < -0.39 is 17.1 Å². The molecule has 5 aromatic carbocycles. The van der Waals surface area contributed by atoms with E-state index in [9.17, 15) is 14.4 Å². The number of carbonyl (C=O) groups excluding carboxylic acids is 3. The normalized spacial score (nSPS) is 11.6. The third-order valence-corrected chi connectivity index (χ3v) is 8.90. The second kappa shape index (κ2) is 17.8. The quantitative estimate of drug-likeness (QED) is 0.0779. The third-order valence-electron chi connectivity index (χ3n) is 7.49. The molecule has 0 saturated heterocycles. The number of rotatable bonds is 14. The molecule has 0 aliphatic carbocycles. The van der Waals surface area contributed by atoms with Crippen LogP contribution in [0.15, 0.2) is 132 Å². The van der Waals surface area contributed by atoms with E-state index in [4.69, 9.17) is 25.8 Å². The second-order valence-electron chi connectivity index (χ2n) is 11.1. The Morgan fingerprint density at radius 1 is 0.784 bits per heavy atom. The van der Waals surface area contributed by atoms with Crippen molar-refractivity contribution in [1.82, 2.24) is 5.32 Å². The first-order valence-electron chi connectivity index (χ1n) is 15.9. The highest BCUT2D eigenvalue weighted by Crippen LogP contribution is 2.36. The average molecular weight is 722 g/mol. The van der Waals surface area contributed by atoms with Crippen LogP contribution in [-0.4, -0.2) is 37.2 Å². The topological polar surface area (TPSA) is 115 Å². The first-order valence-corrected chi connectivity index (χ1v) is 17.1. The molecule has 51 heavy (non-hydrogen) atoms. The molecule has 5 rings (SSSR count). The van der Waals surface area contributed by atoms with Crippen LogP contribution in [-0.2, 0) is 16.2 Å². The first-order chi connectivity index (χ1) is 24.7. The van der Waals surface area contributed by atoms with Crippen molar-refractivity contribution in [2.45, 2.75) is 23.7 Å². The van der Waals surface area contributed by atoms with Gasteiger partial charge in [-0.1, -0.05) is 72.3 Å². The molecular formula is C40H36ClN3O6S. The number of hydrogen-bond donors (Lipinski definition) is 3. The maximum absolute atomic E-state index is 13.5. The van der Waals surface area contributed by atoms with Gasteiger partial charge in [0.15, 0.2) is 0 Å². The monoisotopic (exact) mass is 721 g/mol. The van der Waals surface area contributed by atoms with E-state index in [1.807, 2.05) is 60.7 Å². The smallest absolute Gasteiger partial charge is 0.272 e. The first kappa shape index (κ1) is 36.6. The Hall–Kier alpha value is -5.71. The minimum Gasteiger partial charge on any atom is -0.495 e. The Bertz CT molecular complexity index is 1990. The van der Waals surface area contributed by atoms with Crippen molar-refractivity contribution in [3.05, 3.63) is 149 Å². The molecule has 0 spiro atoms. The van der Waals surface area contributed by atoms with Crippen LogP contribution in [0, 0.1) is 0 Å². The number of carbonyl (C=O) groups is 3. The number of methoxy groups -OCH3 is 2. The van der Waals surface area contributed by atoms with E-state index in [1.165, 1.54) is 26.0 Å². The van der Waals surface area contributed by atoms with Crippen LogP contribution in [0.1, 0.15) is 28.4 Å². The lowest BCUT2D eigenvalue weighted by Crippen LogP contribution is -2.30. The largest absolute Gasteiger partial charge is 0.495 e. The van der Waals surface area contributed by atoms with Gasteiger partial charge in [0.1, 0.15) is 29.6 Å². The van der Waals surface area contributed by atoms with Crippen molar-refractivity contribution < 1.29 is 28.6 Å². The van der Waals surface area contributed by atoms with E-state index in [-0.39, 0.29) is 11.6 Å². The molecule has 1 atom stereocenters. The Morgan fingerprint density at radius 3 is 2.08 bits per heavy atom. The van der Waals surface area contributed by atoms with Crippen LogP contribution in [0.4, 0.5) is 11.4 Å². The highest BCUT2D eigenvalue weighted by molar-refractivity contribution is 8.00. The minimum absolute atomic E-state index is 0.0552. The van der Waals surface area contributed by atoms with Crippen molar-refractivity contribution in [1.29, 1.82) is 0 Å². The van der Waals surface area contributed by atoms with E-state index >= 15 is 0 Å². The molecule has 260 valence electrons. The highest BCUT2D eigenvalue weighted by Gasteiger charge is 2.19. The molecule has 0 heterocycles. The van der Waals surface area contributed by atoms with Crippen molar-refractivity contribution in [2.75, 3.05) is 24.9 Å². The van der Waals surface area contributed by atoms with E-state index in [2.05, 4.69) is 16.0 Å². The molecule has 5 aromatic rings. The molecule has 0 aromatic heterocycles. The lowest BCUT2D eigenvalue weighted by atomic mass is 10.1. The zero-order valence-corrected chi connectivity index (χ0v) is 29.7. The van der Waals surface area contributed by atoms with Crippen LogP contribution in [0.2, 0.25) is 5.02 Å². The van der Waals surface area contributed by atoms with E-state index in [0.29, 0.717) is 51.4 Å². The summed E-state index contributed by atoms with van der Waals surface area (Å²) in [5.41, 5.74) is 3.13. The molecule has 11 heteroatoms. The van der Waals surface area contributed by atoms with Crippen molar-refractivity contribution in [3.8, 4) is 17.2 Å². The zero-order chi connectivity index (χ0) is 36.2. The molecule has 3 amide bonds. The molecule has 0 aliphatic rings. The molecule has 1 unspecified atom stereocenters. The molecule has 0 fully saturated rings. The number of nitrogens with one attached hydrogen (secondary N) is 3. The summed E-state index contributed by atoms with van der Waals surface area (Å²) in [7, 11) is 2.99. The summed E-state index contributed by atoms with van der Waals surface area (Å²) in [6.07, 6.45) is 1.60. The lowest BCUT2D eigenvalue weighted by Gasteiger charge is -2.16. The minimum atomic E-state index is -0.510. The van der Waals surface area contributed by atoms with Gasteiger partial charge in [-0.2, -0.15) is 0 Å². The fourth-order valence-electron chi connectivity index (χ4n) is 4.78.